The van der Waals surface area contributed by atoms with E-state index in [1.165, 1.54) is 5.69 Å². The lowest BCUT2D eigenvalue weighted by molar-refractivity contribution is 0.269. The van der Waals surface area contributed by atoms with Crippen LogP contribution in [0.4, 0.5) is 0 Å². The van der Waals surface area contributed by atoms with Gasteiger partial charge in [-0.2, -0.15) is 0 Å². The van der Waals surface area contributed by atoms with Crippen LogP contribution in [-0.2, 0) is 19.6 Å². The standard InChI is InChI=1S/C14H19N5/c1-15-9-12-13-10-18(2)7-8-19(13)14(17-12)11-3-5-16-6-4-11/h3-6,15H,7-10H2,1-2H3. The first kappa shape index (κ1) is 12.3. The van der Waals surface area contributed by atoms with Crippen LogP contribution in [0.25, 0.3) is 11.4 Å². The van der Waals surface area contributed by atoms with Crippen molar-refractivity contribution in [3.63, 3.8) is 0 Å². The van der Waals surface area contributed by atoms with E-state index < -0.39 is 0 Å². The Hall–Kier alpha value is -1.72. The quantitative estimate of drug-likeness (QED) is 0.894. The van der Waals surface area contributed by atoms with Crippen LogP contribution in [0.5, 0.6) is 0 Å². The van der Waals surface area contributed by atoms with E-state index >= 15 is 0 Å². The van der Waals surface area contributed by atoms with E-state index in [-0.39, 0.29) is 0 Å². The zero-order chi connectivity index (χ0) is 13.2. The number of hydrogen-bond donors (Lipinski definition) is 1. The van der Waals surface area contributed by atoms with Crippen molar-refractivity contribution >= 4 is 0 Å². The van der Waals surface area contributed by atoms with E-state index in [1.807, 2.05) is 31.6 Å². The highest BCUT2D eigenvalue weighted by atomic mass is 15.2. The molecule has 3 rings (SSSR count). The number of fused-ring (bicyclic) bond motifs is 1. The average Bonchev–Trinajstić information content (AvgIpc) is 2.79. The Morgan fingerprint density at radius 3 is 2.79 bits per heavy atom. The summed E-state index contributed by atoms with van der Waals surface area (Å²) >= 11 is 0. The molecular formula is C14H19N5. The van der Waals surface area contributed by atoms with Gasteiger partial charge in [0.2, 0.25) is 0 Å². The molecule has 5 nitrogen and oxygen atoms in total. The van der Waals surface area contributed by atoms with Gasteiger partial charge in [-0.05, 0) is 26.2 Å². The zero-order valence-corrected chi connectivity index (χ0v) is 11.4. The number of likely N-dealkylation sites (N-methyl/N-ethyl adjacent to an activating group) is 1. The smallest absolute Gasteiger partial charge is 0.140 e. The van der Waals surface area contributed by atoms with Crippen LogP contribution in [0.1, 0.15) is 11.4 Å². The molecule has 0 spiro atoms. The number of rotatable bonds is 3. The Balaban J connectivity index is 2.08. The Labute approximate surface area is 113 Å². The molecule has 3 heterocycles. The monoisotopic (exact) mass is 257 g/mol. The molecule has 0 saturated heterocycles. The molecule has 0 bridgehead atoms. The third kappa shape index (κ3) is 2.27. The lowest BCUT2D eigenvalue weighted by Crippen LogP contribution is -2.31. The van der Waals surface area contributed by atoms with Crippen LogP contribution in [0.15, 0.2) is 24.5 Å². The van der Waals surface area contributed by atoms with Crippen molar-refractivity contribution in [2.75, 3.05) is 20.6 Å². The fourth-order valence-electron chi connectivity index (χ4n) is 2.59. The molecule has 1 aliphatic heterocycles. The highest BCUT2D eigenvalue weighted by Gasteiger charge is 2.22. The van der Waals surface area contributed by atoms with E-state index in [9.17, 15) is 0 Å². The second-order valence-electron chi connectivity index (χ2n) is 4.98. The van der Waals surface area contributed by atoms with Crippen LogP contribution in [0.2, 0.25) is 0 Å². The molecule has 0 amide bonds. The molecular weight excluding hydrogens is 238 g/mol. The second-order valence-corrected chi connectivity index (χ2v) is 4.98. The van der Waals surface area contributed by atoms with Gasteiger partial charge in [0.1, 0.15) is 5.82 Å². The van der Waals surface area contributed by atoms with Gasteiger partial charge in [-0.15, -0.1) is 0 Å². The zero-order valence-electron chi connectivity index (χ0n) is 11.4. The fourth-order valence-corrected chi connectivity index (χ4v) is 2.59. The first-order valence-electron chi connectivity index (χ1n) is 6.61. The topological polar surface area (TPSA) is 46.0 Å². The largest absolute Gasteiger partial charge is 0.325 e. The fraction of sp³-hybridized carbons (Fsp3) is 0.429. The summed E-state index contributed by atoms with van der Waals surface area (Å²) < 4.78 is 2.35. The molecule has 2 aromatic heterocycles. The first-order valence-corrected chi connectivity index (χ1v) is 6.61. The van der Waals surface area contributed by atoms with Crippen LogP contribution in [0.3, 0.4) is 0 Å². The SMILES string of the molecule is CNCc1nc(-c2ccncc2)n2c1CN(C)CC2. The predicted molar refractivity (Wildman–Crippen MR) is 74.6 cm³/mol. The summed E-state index contributed by atoms with van der Waals surface area (Å²) in [7, 11) is 4.12. The number of imidazole rings is 1. The highest BCUT2D eigenvalue weighted by Crippen LogP contribution is 2.25. The van der Waals surface area contributed by atoms with E-state index in [2.05, 4.69) is 26.8 Å². The van der Waals surface area contributed by atoms with Crippen LogP contribution in [0, 0.1) is 0 Å². The summed E-state index contributed by atoms with van der Waals surface area (Å²) in [5, 5.41) is 3.21. The molecule has 0 saturated carbocycles. The molecule has 0 unspecified atom stereocenters. The summed E-state index contributed by atoms with van der Waals surface area (Å²) in [6.07, 6.45) is 3.65. The minimum Gasteiger partial charge on any atom is -0.325 e. The number of nitrogens with zero attached hydrogens (tertiary/aromatic N) is 4. The van der Waals surface area contributed by atoms with Crippen molar-refractivity contribution in [2.24, 2.45) is 0 Å². The maximum atomic E-state index is 4.83. The van der Waals surface area contributed by atoms with Crippen LogP contribution < -0.4 is 5.32 Å². The molecule has 1 N–H and O–H groups in total. The minimum absolute atomic E-state index is 0.814. The molecule has 100 valence electrons. The molecule has 0 atom stereocenters. The number of aromatic nitrogens is 3. The van der Waals surface area contributed by atoms with Gasteiger partial charge in [-0.25, -0.2) is 4.98 Å². The van der Waals surface area contributed by atoms with Gasteiger partial charge in [0.05, 0.1) is 11.4 Å². The minimum atomic E-state index is 0.814. The summed E-state index contributed by atoms with van der Waals surface area (Å²) in [4.78, 5) is 11.3. The summed E-state index contributed by atoms with van der Waals surface area (Å²) in [5.74, 6) is 1.07. The molecule has 1 aliphatic rings. The number of nitrogens with one attached hydrogen (secondary N) is 1. The third-order valence-corrected chi connectivity index (χ3v) is 3.56. The summed E-state index contributed by atoms with van der Waals surface area (Å²) in [6, 6.07) is 4.05. The first-order chi connectivity index (χ1) is 9.29. The average molecular weight is 257 g/mol. The van der Waals surface area contributed by atoms with Crippen molar-refractivity contribution in [1.82, 2.24) is 24.8 Å². The Bertz CT molecular complexity index is 561. The molecule has 0 aromatic carbocycles. The van der Waals surface area contributed by atoms with E-state index in [1.54, 1.807) is 0 Å². The second kappa shape index (κ2) is 5.11. The van der Waals surface area contributed by atoms with Crippen molar-refractivity contribution < 1.29 is 0 Å². The predicted octanol–water partition coefficient (Wildman–Crippen LogP) is 1.11. The normalized spacial score (nSPS) is 15.5. The lowest BCUT2D eigenvalue weighted by atomic mass is 10.2. The van der Waals surface area contributed by atoms with E-state index in [0.717, 1.165) is 43.3 Å². The molecule has 19 heavy (non-hydrogen) atoms. The Morgan fingerprint density at radius 1 is 1.26 bits per heavy atom. The maximum Gasteiger partial charge on any atom is 0.140 e. The molecule has 2 aromatic rings. The Kier molecular flexibility index (Phi) is 3.31. The lowest BCUT2D eigenvalue weighted by Gasteiger charge is -2.25. The van der Waals surface area contributed by atoms with Crippen molar-refractivity contribution in [3.05, 3.63) is 35.9 Å². The number of pyridine rings is 1. The van der Waals surface area contributed by atoms with Crippen molar-refractivity contribution in [2.45, 2.75) is 19.6 Å². The van der Waals surface area contributed by atoms with Crippen molar-refractivity contribution in [1.29, 1.82) is 0 Å². The van der Waals surface area contributed by atoms with Gasteiger partial charge < -0.3 is 9.88 Å². The van der Waals surface area contributed by atoms with Crippen LogP contribution in [-0.4, -0.2) is 40.1 Å². The Morgan fingerprint density at radius 2 is 2.05 bits per heavy atom. The molecule has 0 fully saturated rings. The summed E-state index contributed by atoms with van der Waals surface area (Å²) in [6.45, 7) is 3.85. The van der Waals surface area contributed by atoms with Crippen LogP contribution >= 0.6 is 0 Å². The molecule has 0 radical (unpaired) electrons. The van der Waals surface area contributed by atoms with Gasteiger partial charge in [-0.3, -0.25) is 9.88 Å². The van der Waals surface area contributed by atoms with Gasteiger partial charge in [0, 0.05) is 44.1 Å². The van der Waals surface area contributed by atoms with Crippen molar-refractivity contribution in [3.8, 4) is 11.4 Å². The van der Waals surface area contributed by atoms with Gasteiger partial charge in [0.15, 0.2) is 0 Å². The van der Waals surface area contributed by atoms with Gasteiger partial charge >= 0.3 is 0 Å². The molecule has 5 heteroatoms. The van der Waals surface area contributed by atoms with E-state index in [0.29, 0.717) is 0 Å². The maximum absolute atomic E-state index is 4.83. The summed E-state index contributed by atoms with van der Waals surface area (Å²) in [5.41, 5.74) is 3.62. The van der Waals surface area contributed by atoms with Gasteiger partial charge in [-0.1, -0.05) is 0 Å². The third-order valence-electron chi connectivity index (χ3n) is 3.56. The number of hydrogen-bond acceptors (Lipinski definition) is 4. The van der Waals surface area contributed by atoms with Gasteiger partial charge in [0.25, 0.3) is 0 Å². The van der Waals surface area contributed by atoms with E-state index in [4.69, 9.17) is 4.98 Å². The highest BCUT2D eigenvalue weighted by molar-refractivity contribution is 5.56. The molecule has 0 aliphatic carbocycles.